The first-order valence-electron chi connectivity index (χ1n) is 6.39. The number of benzene rings is 1. The fourth-order valence-corrected chi connectivity index (χ4v) is 2.05. The Morgan fingerprint density at radius 2 is 1.84 bits per heavy atom. The minimum absolute atomic E-state index is 0.755. The summed E-state index contributed by atoms with van der Waals surface area (Å²) in [6.45, 7) is 3.26. The highest BCUT2D eigenvalue weighted by Gasteiger charge is 2.12. The maximum Gasteiger partial charge on any atom is 0.135 e. The summed E-state index contributed by atoms with van der Waals surface area (Å²) in [5.74, 6) is 1.75. The average Bonchev–Trinajstić information content (AvgIpc) is 2.49. The molecule has 1 saturated heterocycles. The summed E-state index contributed by atoms with van der Waals surface area (Å²) in [4.78, 5) is 10.8. The molecule has 0 amide bonds. The highest BCUT2D eigenvalue weighted by molar-refractivity contribution is 5.59. The van der Waals surface area contributed by atoms with E-state index in [9.17, 15) is 0 Å². The van der Waals surface area contributed by atoms with Crippen LogP contribution >= 0.6 is 0 Å². The minimum Gasteiger partial charge on any atom is -0.378 e. The third-order valence-corrected chi connectivity index (χ3v) is 3.03. The van der Waals surface area contributed by atoms with Crippen molar-refractivity contribution in [1.29, 1.82) is 0 Å². The van der Waals surface area contributed by atoms with Crippen LogP contribution in [0.1, 0.15) is 0 Å². The van der Waals surface area contributed by atoms with Gasteiger partial charge in [0.15, 0.2) is 0 Å². The first-order valence-corrected chi connectivity index (χ1v) is 6.39. The summed E-state index contributed by atoms with van der Waals surface area (Å²) in [7, 11) is 0. The second kappa shape index (κ2) is 5.67. The standard InChI is InChI=1S/C14H16N4O/c1-2-4-12(5-3-1)17-13-10-14(16-11-15-13)18-6-8-19-9-7-18/h1-5,10-11H,6-9H2,(H,15,16,17). The second-order valence-electron chi connectivity index (χ2n) is 4.35. The van der Waals surface area contributed by atoms with Gasteiger partial charge in [0.2, 0.25) is 0 Å². The third kappa shape index (κ3) is 3.00. The van der Waals surface area contributed by atoms with E-state index in [0.717, 1.165) is 43.6 Å². The molecule has 0 aliphatic carbocycles. The van der Waals surface area contributed by atoms with Gasteiger partial charge in [-0.05, 0) is 12.1 Å². The summed E-state index contributed by atoms with van der Waals surface area (Å²) in [6.07, 6.45) is 1.59. The largest absolute Gasteiger partial charge is 0.378 e. The molecule has 1 aromatic heterocycles. The molecule has 0 spiro atoms. The number of hydrogen-bond donors (Lipinski definition) is 1. The van der Waals surface area contributed by atoms with Crippen LogP contribution in [0.4, 0.5) is 17.3 Å². The molecule has 98 valence electrons. The fraction of sp³-hybridized carbons (Fsp3) is 0.286. The lowest BCUT2D eigenvalue weighted by atomic mass is 10.3. The summed E-state index contributed by atoms with van der Waals surface area (Å²) >= 11 is 0. The predicted octanol–water partition coefficient (Wildman–Crippen LogP) is 2.06. The zero-order valence-corrected chi connectivity index (χ0v) is 10.6. The van der Waals surface area contributed by atoms with Crippen molar-refractivity contribution >= 4 is 17.3 Å². The van der Waals surface area contributed by atoms with Crippen molar-refractivity contribution in [1.82, 2.24) is 9.97 Å². The van der Waals surface area contributed by atoms with E-state index >= 15 is 0 Å². The van der Waals surface area contributed by atoms with E-state index in [0.29, 0.717) is 0 Å². The van der Waals surface area contributed by atoms with Crippen LogP contribution < -0.4 is 10.2 Å². The maximum atomic E-state index is 5.35. The zero-order valence-electron chi connectivity index (χ0n) is 10.6. The molecule has 1 aliphatic rings. The second-order valence-corrected chi connectivity index (χ2v) is 4.35. The Morgan fingerprint density at radius 3 is 2.63 bits per heavy atom. The van der Waals surface area contributed by atoms with Crippen molar-refractivity contribution < 1.29 is 4.74 Å². The molecule has 5 nitrogen and oxygen atoms in total. The Labute approximate surface area is 112 Å². The molecule has 1 aliphatic heterocycles. The quantitative estimate of drug-likeness (QED) is 0.911. The number of anilines is 3. The molecule has 3 rings (SSSR count). The molecule has 2 aromatic rings. The number of para-hydroxylation sites is 1. The van der Waals surface area contributed by atoms with Crippen LogP contribution in [0.15, 0.2) is 42.7 Å². The number of aromatic nitrogens is 2. The summed E-state index contributed by atoms with van der Waals surface area (Å²) in [5, 5.41) is 3.27. The van der Waals surface area contributed by atoms with E-state index in [-0.39, 0.29) is 0 Å². The fourth-order valence-electron chi connectivity index (χ4n) is 2.05. The molecular formula is C14H16N4O. The van der Waals surface area contributed by atoms with Crippen molar-refractivity contribution in [3.63, 3.8) is 0 Å². The maximum absolute atomic E-state index is 5.35. The van der Waals surface area contributed by atoms with E-state index in [1.807, 2.05) is 36.4 Å². The molecule has 0 unspecified atom stereocenters. The third-order valence-electron chi connectivity index (χ3n) is 3.03. The smallest absolute Gasteiger partial charge is 0.135 e. The molecule has 0 saturated carbocycles. The van der Waals surface area contributed by atoms with Crippen molar-refractivity contribution in [2.75, 3.05) is 36.5 Å². The van der Waals surface area contributed by atoms with Gasteiger partial charge in [0, 0.05) is 24.8 Å². The number of nitrogens with zero attached hydrogens (tertiary/aromatic N) is 3. The van der Waals surface area contributed by atoms with Crippen LogP contribution in [0.2, 0.25) is 0 Å². The topological polar surface area (TPSA) is 50.3 Å². The van der Waals surface area contributed by atoms with Crippen molar-refractivity contribution in [3.05, 3.63) is 42.7 Å². The van der Waals surface area contributed by atoms with E-state index < -0.39 is 0 Å². The van der Waals surface area contributed by atoms with Crippen LogP contribution in [0, 0.1) is 0 Å². The molecule has 0 bridgehead atoms. The lowest BCUT2D eigenvalue weighted by molar-refractivity contribution is 0.122. The van der Waals surface area contributed by atoms with Gasteiger partial charge in [0.1, 0.15) is 18.0 Å². The molecule has 1 fully saturated rings. The highest BCUT2D eigenvalue weighted by Crippen LogP contribution is 2.18. The Balaban J connectivity index is 1.76. The van der Waals surface area contributed by atoms with E-state index in [1.54, 1.807) is 6.33 Å². The van der Waals surface area contributed by atoms with Gasteiger partial charge in [0.05, 0.1) is 13.2 Å². The molecule has 2 heterocycles. The van der Waals surface area contributed by atoms with Gasteiger partial charge >= 0.3 is 0 Å². The SMILES string of the molecule is c1ccc(Nc2cc(N3CCOCC3)ncn2)cc1. The molecule has 5 heteroatoms. The minimum atomic E-state index is 0.755. The van der Waals surface area contributed by atoms with Crippen LogP contribution in [0.3, 0.4) is 0 Å². The number of hydrogen-bond acceptors (Lipinski definition) is 5. The zero-order chi connectivity index (χ0) is 12.9. The highest BCUT2D eigenvalue weighted by atomic mass is 16.5. The van der Waals surface area contributed by atoms with Gasteiger partial charge in [-0.25, -0.2) is 9.97 Å². The molecule has 0 atom stereocenters. The number of morpholine rings is 1. The first kappa shape index (κ1) is 11.9. The van der Waals surface area contributed by atoms with Crippen LogP contribution in [0.5, 0.6) is 0 Å². The lowest BCUT2D eigenvalue weighted by Crippen LogP contribution is -2.36. The van der Waals surface area contributed by atoms with E-state index in [1.165, 1.54) is 0 Å². The Morgan fingerprint density at radius 1 is 1.05 bits per heavy atom. The monoisotopic (exact) mass is 256 g/mol. The van der Waals surface area contributed by atoms with Gasteiger partial charge in [-0.15, -0.1) is 0 Å². The van der Waals surface area contributed by atoms with Gasteiger partial charge in [-0.1, -0.05) is 18.2 Å². The molecule has 1 aromatic carbocycles. The molecule has 19 heavy (non-hydrogen) atoms. The first-order chi connectivity index (χ1) is 9.42. The number of nitrogens with one attached hydrogen (secondary N) is 1. The van der Waals surface area contributed by atoms with Crippen molar-refractivity contribution in [2.45, 2.75) is 0 Å². The molecule has 1 N–H and O–H groups in total. The normalized spacial score (nSPS) is 15.3. The van der Waals surface area contributed by atoms with Crippen LogP contribution in [-0.2, 0) is 4.74 Å². The Bertz CT molecular complexity index is 526. The summed E-state index contributed by atoms with van der Waals surface area (Å²) < 4.78 is 5.35. The summed E-state index contributed by atoms with van der Waals surface area (Å²) in [6, 6.07) is 12.0. The molecule has 0 radical (unpaired) electrons. The average molecular weight is 256 g/mol. The number of rotatable bonds is 3. The van der Waals surface area contributed by atoms with Gasteiger partial charge < -0.3 is 15.0 Å². The predicted molar refractivity (Wildman–Crippen MR) is 74.8 cm³/mol. The van der Waals surface area contributed by atoms with E-state index in [4.69, 9.17) is 4.74 Å². The summed E-state index contributed by atoms with van der Waals surface area (Å²) in [5.41, 5.74) is 1.02. The van der Waals surface area contributed by atoms with Crippen molar-refractivity contribution in [2.24, 2.45) is 0 Å². The Kier molecular flexibility index (Phi) is 3.56. The molecular weight excluding hydrogens is 240 g/mol. The van der Waals surface area contributed by atoms with Crippen LogP contribution in [-0.4, -0.2) is 36.3 Å². The lowest BCUT2D eigenvalue weighted by Gasteiger charge is -2.27. The van der Waals surface area contributed by atoms with Crippen molar-refractivity contribution in [3.8, 4) is 0 Å². The van der Waals surface area contributed by atoms with Crippen LogP contribution in [0.25, 0.3) is 0 Å². The number of ether oxygens (including phenoxy) is 1. The van der Waals surface area contributed by atoms with Gasteiger partial charge in [-0.2, -0.15) is 0 Å². The van der Waals surface area contributed by atoms with E-state index in [2.05, 4.69) is 20.2 Å². The van der Waals surface area contributed by atoms with Gasteiger partial charge in [-0.3, -0.25) is 0 Å². The van der Waals surface area contributed by atoms with Gasteiger partial charge in [0.25, 0.3) is 0 Å². The Hall–Kier alpha value is -2.14.